The van der Waals surface area contributed by atoms with Crippen LogP contribution in [0.2, 0.25) is 5.02 Å². The van der Waals surface area contributed by atoms with Gasteiger partial charge in [-0.05, 0) is 23.8 Å². The van der Waals surface area contributed by atoms with Crippen molar-refractivity contribution in [3.8, 4) is 0 Å². The molecular weight excluding hydrogens is 306 g/mol. The predicted octanol–water partition coefficient (Wildman–Crippen LogP) is 3.90. The minimum atomic E-state index is -0.0611. The number of carbonyl (C=O) groups is 1. The smallest absolute Gasteiger partial charge is 0.225 e. The maximum atomic E-state index is 11.9. The van der Waals surface area contributed by atoms with Crippen LogP contribution in [0.4, 0.5) is 5.13 Å². The van der Waals surface area contributed by atoms with Crippen LogP contribution in [-0.4, -0.2) is 15.9 Å². The number of rotatable bonds is 3. The summed E-state index contributed by atoms with van der Waals surface area (Å²) >= 11 is 7.60. The van der Waals surface area contributed by atoms with Gasteiger partial charge in [-0.25, -0.2) is 4.98 Å². The number of benzene rings is 1. The Balaban J connectivity index is 1.99. The monoisotopic (exact) mass is 317 g/mol. The molecule has 0 bridgehead atoms. The summed E-state index contributed by atoms with van der Waals surface area (Å²) in [5, 5.41) is 1.24. The first kappa shape index (κ1) is 14.0. The van der Waals surface area contributed by atoms with Crippen LogP contribution in [-0.2, 0) is 11.3 Å². The van der Waals surface area contributed by atoms with E-state index in [0.717, 1.165) is 15.8 Å². The number of anilines is 1. The number of hydrogen-bond donors (Lipinski definition) is 0. The van der Waals surface area contributed by atoms with Crippen molar-refractivity contribution in [1.29, 1.82) is 0 Å². The van der Waals surface area contributed by atoms with Crippen molar-refractivity contribution in [2.45, 2.75) is 13.5 Å². The van der Waals surface area contributed by atoms with E-state index < -0.39 is 0 Å². The fraction of sp³-hybridized carbons (Fsp3) is 0.133. The van der Waals surface area contributed by atoms with Crippen molar-refractivity contribution in [3.63, 3.8) is 0 Å². The summed E-state index contributed by atoms with van der Waals surface area (Å²) in [7, 11) is 0. The summed E-state index contributed by atoms with van der Waals surface area (Å²) in [6, 6.07) is 9.41. The van der Waals surface area contributed by atoms with Gasteiger partial charge in [-0.1, -0.05) is 35.1 Å². The molecule has 1 aromatic carbocycles. The lowest BCUT2D eigenvalue weighted by molar-refractivity contribution is -0.116. The highest BCUT2D eigenvalue weighted by atomic mass is 35.5. The molecule has 2 aromatic heterocycles. The summed E-state index contributed by atoms with van der Waals surface area (Å²) in [6.45, 7) is 1.98. The van der Waals surface area contributed by atoms with Gasteiger partial charge in [0.25, 0.3) is 0 Å². The maximum absolute atomic E-state index is 11.9. The molecular formula is C15H12ClN3OS. The minimum Gasteiger partial charge on any atom is -0.284 e. The standard InChI is InChI=1S/C15H12ClN3OS/c1-10(20)19(9-11-4-3-7-17-8-11)15-18-14-12(16)5-2-6-13(14)21-15/h2-8H,9H2,1H3. The molecule has 0 unspecified atom stereocenters. The molecule has 6 heteroatoms. The minimum absolute atomic E-state index is 0.0611. The van der Waals surface area contributed by atoms with Crippen LogP contribution in [0.25, 0.3) is 10.2 Å². The van der Waals surface area contributed by atoms with Gasteiger partial charge >= 0.3 is 0 Å². The van der Waals surface area contributed by atoms with Gasteiger partial charge in [-0.2, -0.15) is 0 Å². The molecule has 21 heavy (non-hydrogen) atoms. The first-order valence-corrected chi connectivity index (χ1v) is 7.56. The normalized spacial score (nSPS) is 10.8. The third kappa shape index (κ3) is 2.89. The molecule has 0 radical (unpaired) electrons. The van der Waals surface area contributed by atoms with E-state index in [1.165, 1.54) is 18.3 Å². The quantitative estimate of drug-likeness (QED) is 0.736. The SMILES string of the molecule is CC(=O)N(Cc1cccnc1)c1nc2c(Cl)cccc2s1. The molecule has 0 spiro atoms. The molecule has 3 rings (SSSR count). The number of fused-ring (bicyclic) bond motifs is 1. The lowest BCUT2D eigenvalue weighted by Crippen LogP contribution is -2.27. The van der Waals surface area contributed by atoms with Gasteiger partial charge in [-0.3, -0.25) is 14.7 Å². The second kappa shape index (κ2) is 5.79. The van der Waals surface area contributed by atoms with Gasteiger partial charge in [0, 0.05) is 19.3 Å². The topological polar surface area (TPSA) is 46.1 Å². The van der Waals surface area contributed by atoms with Crippen molar-refractivity contribution >= 4 is 44.2 Å². The van der Waals surface area contributed by atoms with E-state index in [1.807, 2.05) is 24.3 Å². The molecule has 4 nitrogen and oxygen atoms in total. The van der Waals surface area contributed by atoms with Crippen LogP contribution >= 0.6 is 22.9 Å². The summed E-state index contributed by atoms with van der Waals surface area (Å²) in [5.74, 6) is -0.0611. The molecule has 2 heterocycles. The van der Waals surface area contributed by atoms with Crippen molar-refractivity contribution in [2.24, 2.45) is 0 Å². The molecule has 106 valence electrons. The van der Waals surface area contributed by atoms with Gasteiger partial charge in [0.15, 0.2) is 5.13 Å². The largest absolute Gasteiger partial charge is 0.284 e. The number of para-hydroxylation sites is 1. The van der Waals surface area contributed by atoms with Gasteiger partial charge in [0.05, 0.1) is 16.3 Å². The van der Waals surface area contributed by atoms with Crippen LogP contribution in [0.5, 0.6) is 0 Å². The van der Waals surface area contributed by atoms with Crippen LogP contribution in [0.15, 0.2) is 42.7 Å². The highest BCUT2D eigenvalue weighted by Crippen LogP contribution is 2.33. The summed E-state index contributed by atoms with van der Waals surface area (Å²) in [5.41, 5.74) is 1.69. The third-order valence-electron chi connectivity index (χ3n) is 3.03. The predicted molar refractivity (Wildman–Crippen MR) is 85.7 cm³/mol. The van der Waals surface area contributed by atoms with E-state index in [2.05, 4.69) is 9.97 Å². The van der Waals surface area contributed by atoms with E-state index in [0.29, 0.717) is 16.7 Å². The maximum Gasteiger partial charge on any atom is 0.225 e. The van der Waals surface area contributed by atoms with Gasteiger partial charge in [0.2, 0.25) is 5.91 Å². The number of thiazole rings is 1. The zero-order valence-corrected chi connectivity index (χ0v) is 12.9. The van der Waals surface area contributed by atoms with E-state index in [4.69, 9.17) is 11.6 Å². The molecule has 0 aliphatic carbocycles. The Morgan fingerprint density at radius 3 is 2.86 bits per heavy atom. The molecule has 0 atom stereocenters. The van der Waals surface area contributed by atoms with Crippen LogP contribution in [0, 0.1) is 0 Å². The summed E-state index contributed by atoms with van der Waals surface area (Å²) in [6.07, 6.45) is 3.45. The fourth-order valence-corrected chi connectivity index (χ4v) is 3.32. The van der Waals surface area contributed by atoms with Crippen LogP contribution in [0.3, 0.4) is 0 Å². The molecule has 3 aromatic rings. The third-order valence-corrected chi connectivity index (χ3v) is 4.38. The Kier molecular flexibility index (Phi) is 3.86. The van der Waals surface area contributed by atoms with Gasteiger partial charge in [-0.15, -0.1) is 0 Å². The van der Waals surface area contributed by atoms with Crippen molar-refractivity contribution in [3.05, 3.63) is 53.3 Å². The number of nitrogens with zero attached hydrogens (tertiary/aromatic N) is 3. The van der Waals surface area contributed by atoms with E-state index in [1.54, 1.807) is 23.4 Å². The summed E-state index contributed by atoms with van der Waals surface area (Å²) < 4.78 is 0.968. The summed E-state index contributed by atoms with van der Waals surface area (Å²) in [4.78, 5) is 22.2. The Labute approximate surface area is 131 Å². The van der Waals surface area contributed by atoms with Crippen molar-refractivity contribution in [2.75, 3.05) is 4.90 Å². The molecule has 0 aliphatic rings. The zero-order valence-electron chi connectivity index (χ0n) is 11.3. The van der Waals surface area contributed by atoms with Crippen LogP contribution < -0.4 is 4.90 Å². The number of hydrogen-bond acceptors (Lipinski definition) is 4. The number of pyridine rings is 1. The van der Waals surface area contributed by atoms with Gasteiger partial charge < -0.3 is 0 Å². The number of amides is 1. The Morgan fingerprint density at radius 1 is 1.33 bits per heavy atom. The first-order chi connectivity index (χ1) is 10.1. The number of aromatic nitrogens is 2. The molecule has 0 aliphatic heterocycles. The van der Waals surface area contributed by atoms with E-state index in [9.17, 15) is 4.79 Å². The Hall–Kier alpha value is -1.98. The van der Waals surface area contributed by atoms with Crippen molar-refractivity contribution in [1.82, 2.24) is 9.97 Å². The second-order valence-electron chi connectivity index (χ2n) is 4.55. The number of halogens is 1. The highest BCUT2D eigenvalue weighted by molar-refractivity contribution is 7.22. The fourth-order valence-electron chi connectivity index (χ4n) is 2.01. The highest BCUT2D eigenvalue weighted by Gasteiger charge is 2.17. The van der Waals surface area contributed by atoms with Gasteiger partial charge in [0.1, 0.15) is 5.52 Å². The van der Waals surface area contributed by atoms with Crippen molar-refractivity contribution < 1.29 is 4.79 Å². The van der Waals surface area contributed by atoms with Crippen LogP contribution in [0.1, 0.15) is 12.5 Å². The average Bonchev–Trinajstić information content (AvgIpc) is 2.91. The first-order valence-electron chi connectivity index (χ1n) is 6.37. The Bertz CT molecular complexity index is 788. The molecule has 0 N–H and O–H groups in total. The lowest BCUT2D eigenvalue weighted by Gasteiger charge is -2.17. The lowest BCUT2D eigenvalue weighted by atomic mass is 10.3. The number of carbonyl (C=O) groups excluding carboxylic acids is 1. The average molecular weight is 318 g/mol. The Morgan fingerprint density at radius 2 is 2.19 bits per heavy atom. The zero-order chi connectivity index (χ0) is 14.8. The van der Waals surface area contributed by atoms with E-state index >= 15 is 0 Å². The molecule has 0 fully saturated rings. The van der Waals surface area contributed by atoms with E-state index in [-0.39, 0.29) is 5.91 Å². The second-order valence-corrected chi connectivity index (χ2v) is 5.97. The molecule has 1 amide bonds. The molecule has 0 saturated heterocycles. The molecule has 0 saturated carbocycles.